The Morgan fingerprint density at radius 1 is 1.04 bits per heavy atom. The second-order valence-corrected chi connectivity index (χ2v) is 6.42. The molecular formula is C20H27N2O2+. The number of carbonyl (C=O) groups is 1. The van der Waals surface area contributed by atoms with Crippen molar-refractivity contribution < 1.29 is 14.4 Å². The van der Waals surface area contributed by atoms with Gasteiger partial charge < -0.3 is 15.0 Å². The Labute approximate surface area is 144 Å². The topological polar surface area (TPSA) is 42.8 Å². The minimum Gasteiger partial charge on any atom is -0.483 e. The van der Waals surface area contributed by atoms with Crippen LogP contribution in [0.2, 0.25) is 0 Å². The predicted molar refractivity (Wildman–Crippen MR) is 96.2 cm³/mol. The average molecular weight is 327 g/mol. The van der Waals surface area contributed by atoms with Crippen molar-refractivity contribution in [3.05, 3.63) is 64.7 Å². The molecule has 0 aromatic heterocycles. The number of benzene rings is 2. The van der Waals surface area contributed by atoms with Gasteiger partial charge in [-0.2, -0.15) is 0 Å². The number of quaternary nitrogens is 1. The smallest absolute Gasteiger partial charge is 0.258 e. The number of hydrogen-bond acceptors (Lipinski definition) is 2. The second kappa shape index (κ2) is 8.50. The summed E-state index contributed by atoms with van der Waals surface area (Å²) >= 11 is 0. The molecule has 0 aliphatic rings. The number of amides is 1. The molecule has 0 heterocycles. The summed E-state index contributed by atoms with van der Waals surface area (Å²) in [7, 11) is 4.24. The first-order valence-corrected chi connectivity index (χ1v) is 8.29. The molecule has 0 aliphatic heterocycles. The fraction of sp³-hybridized carbons (Fsp3) is 0.350. The van der Waals surface area contributed by atoms with E-state index in [0.29, 0.717) is 6.54 Å². The Balaban J connectivity index is 1.89. The molecule has 24 heavy (non-hydrogen) atoms. The van der Waals surface area contributed by atoms with Crippen molar-refractivity contribution in [3.63, 3.8) is 0 Å². The molecule has 2 aromatic carbocycles. The van der Waals surface area contributed by atoms with Crippen LogP contribution in [0.25, 0.3) is 0 Å². The first-order valence-electron chi connectivity index (χ1n) is 8.29. The molecule has 0 saturated carbocycles. The van der Waals surface area contributed by atoms with Crippen molar-refractivity contribution in [1.82, 2.24) is 5.32 Å². The summed E-state index contributed by atoms with van der Waals surface area (Å²) in [6, 6.07) is 14.1. The third-order valence-electron chi connectivity index (χ3n) is 4.05. The highest BCUT2D eigenvalue weighted by Gasteiger charge is 2.09. The average Bonchev–Trinajstić information content (AvgIpc) is 2.55. The van der Waals surface area contributed by atoms with Crippen molar-refractivity contribution >= 4 is 5.91 Å². The Bertz CT molecular complexity index is 696. The largest absolute Gasteiger partial charge is 0.483 e. The second-order valence-electron chi connectivity index (χ2n) is 6.42. The molecule has 0 radical (unpaired) electrons. The molecule has 0 atom stereocenters. The lowest BCUT2D eigenvalue weighted by Gasteiger charge is -2.14. The number of nitrogens with one attached hydrogen (secondary N) is 2. The van der Waals surface area contributed by atoms with Gasteiger partial charge in [0.15, 0.2) is 6.61 Å². The monoisotopic (exact) mass is 327 g/mol. The van der Waals surface area contributed by atoms with E-state index in [-0.39, 0.29) is 12.5 Å². The van der Waals surface area contributed by atoms with E-state index in [1.807, 2.05) is 44.2 Å². The molecule has 0 unspecified atom stereocenters. The normalized spacial score (nSPS) is 10.7. The molecule has 0 bridgehead atoms. The zero-order valence-corrected chi connectivity index (χ0v) is 15.0. The van der Waals surface area contributed by atoms with Crippen LogP contribution in [-0.4, -0.2) is 26.6 Å². The van der Waals surface area contributed by atoms with Crippen molar-refractivity contribution in [1.29, 1.82) is 0 Å². The van der Waals surface area contributed by atoms with E-state index in [1.165, 1.54) is 10.5 Å². The molecule has 2 aromatic rings. The number of rotatable bonds is 7. The van der Waals surface area contributed by atoms with Gasteiger partial charge in [0.05, 0.1) is 14.1 Å². The van der Waals surface area contributed by atoms with Crippen molar-refractivity contribution in [2.24, 2.45) is 0 Å². The summed E-state index contributed by atoms with van der Waals surface area (Å²) < 4.78 is 5.65. The standard InChI is InChI=1S/C20H26N2O2/c1-15-8-7-11-19(16(15)2)24-14-20(23)21-12-17-9-5-6-10-18(17)13-22(3)4/h5-11H,12-14H2,1-4H3,(H,21,23)/p+1. The van der Waals surface area contributed by atoms with Gasteiger partial charge in [-0.05, 0) is 36.6 Å². The van der Waals surface area contributed by atoms with Gasteiger partial charge in [0.25, 0.3) is 5.91 Å². The van der Waals surface area contributed by atoms with Gasteiger partial charge in [0.2, 0.25) is 0 Å². The van der Waals surface area contributed by atoms with Gasteiger partial charge in [0.1, 0.15) is 12.3 Å². The molecule has 128 valence electrons. The van der Waals surface area contributed by atoms with Gasteiger partial charge >= 0.3 is 0 Å². The van der Waals surface area contributed by atoms with Crippen molar-refractivity contribution in [2.75, 3.05) is 20.7 Å². The first-order chi connectivity index (χ1) is 11.5. The molecular weight excluding hydrogens is 300 g/mol. The Kier molecular flexibility index (Phi) is 6.38. The summed E-state index contributed by atoms with van der Waals surface area (Å²) in [4.78, 5) is 13.4. The molecule has 0 spiro atoms. The molecule has 0 fully saturated rings. The maximum atomic E-state index is 12.1. The maximum Gasteiger partial charge on any atom is 0.258 e. The highest BCUT2D eigenvalue weighted by Crippen LogP contribution is 2.20. The van der Waals surface area contributed by atoms with Crippen LogP contribution < -0.4 is 15.0 Å². The Hall–Kier alpha value is -2.33. The summed E-state index contributed by atoms with van der Waals surface area (Å²) in [5.41, 5.74) is 4.64. The molecule has 0 saturated heterocycles. The van der Waals surface area contributed by atoms with E-state index in [2.05, 4.69) is 31.5 Å². The van der Waals surface area contributed by atoms with Crippen LogP contribution in [0.1, 0.15) is 22.3 Å². The lowest BCUT2D eigenvalue weighted by atomic mass is 10.1. The minimum absolute atomic E-state index is 0.0331. The number of ether oxygens (including phenoxy) is 1. The third kappa shape index (κ3) is 5.10. The molecule has 2 N–H and O–H groups in total. The molecule has 1 amide bonds. The first kappa shape index (κ1) is 18.0. The van der Waals surface area contributed by atoms with E-state index in [9.17, 15) is 4.79 Å². The quantitative estimate of drug-likeness (QED) is 0.812. The predicted octanol–water partition coefficient (Wildman–Crippen LogP) is 1.64. The van der Waals surface area contributed by atoms with E-state index in [0.717, 1.165) is 29.0 Å². The van der Waals surface area contributed by atoms with Crippen LogP contribution in [-0.2, 0) is 17.9 Å². The Morgan fingerprint density at radius 3 is 2.46 bits per heavy atom. The van der Waals surface area contributed by atoms with Crippen LogP contribution in [0.4, 0.5) is 0 Å². The minimum atomic E-state index is -0.108. The Morgan fingerprint density at radius 2 is 1.75 bits per heavy atom. The fourth-order valence-electron chi connectivity index (χ4n) is 2.55. The molecule has 0 aliphatic carbocycles. The van der Waals surface area contributed by atoms with Gasteiger partial charge in [-0.25, -0.2) is 0 Å². The summed E-state index contributed by atoms with van der Waals surface area (Å²) in [6.45, 7) is 5.53. The number of aryl methyl sites for hydroxylation is 1. The summed E-state index contributed by atoms with van der Waals surface area (Å²) in [5, 5.41) is 2.94. The van der Waals surface area contributed by atoms with Gasteiger partial charge in [-0.15, -0.1) is 0 Å². The lowest BCUT2D eigenvalue weighted by Crippen LogP contribution is -3.04. The highest BCUT2D eigenvalue weighted by molar-refractivity contribution is 5.77. The van der Waals surface area contributed by atoms with Crippen LogP contribution in [0.15, 0.2) is 42.5 Å². The van der Waals surface area contributed by atoms with Crippen molar-refractivity contribution in [3.8, 4) is 5.75 Å². The van der Waals surface area contributed by atoms with E-state index < -0.39 is 0 Å². The van der Waals surface area contributed by atoms with Crippen LogP contribution in [0.5, 0.6) is 5.75 Å². The van der Waals surface area contributed by atoms with Crippen molar-refractivity contribution in [2.45, 2.75) is 26.9 Å². The molecule has 2 rings (SSSR count). The summed E-state index contributed by atoms with van der Waals surface area (Å²) in [6.07, 6.45) is 0. The van der Waals surface area contributed by atoms with E-state index >= 15 is 0 Å². The zero-order chi connectivity index (χ0) is 17.5. The SMILES string of the molecule is Cc1cccc(OCC(=O)NCc2ccccc2C[NH+](C)C)c1C. The lowest BCUT2D eigenvalue weighted by molar-refractivity contribution is -0.872. The highest BCUT2D eigenvalue weighted by atomic mass is 16.5. The maximum absolute atomic E-state index is 12.1. The summed E-state index contributed by atoms with van der Waals surface area (Å²) in [5.74, 6) is 0.657. The van der Waals surface area contributed by atoms with Gasteiger partial charge in [0, 0.05) is 12.1 Å². The van der Waals surface area contributed by atoms with Gasteiger partial charge in [-0.3, -0.25) is 4.79 Å². The van der Waals surface area contributed by atoms with Crippen LogP contribution >= 0.6 is 0 Å². The fourth-order valence-corrected chi connectivity index (χ4v) is 2.55. The van der Waals surface area contributed by atoms with E-state index in [1.54, 1.807) is 0 Å². The van der Waals surface area contributed by atoms with Crippen LogP contribution in [0, 0.1) is 13.8 Å². The third-order valence-corrected chi connectivity index (χ3v) is 4.05. The van der Waals surface area contributed by atoms with Gasteiger partial charge in [-0.1, -0.05) is 36.4 Å². The molecule has 4 heteroatoms. The number of carbonyl (C=O) groups excluding carboxylic acids is 1. The molecule has 4 nitrogen and oxygen atoms in total. The zero-order valence-electron chi connectivity index (χ0n) is 15.0. The van der Waals surface area contributed by atoms with Crippen LogP contribution in [0.3, 0.4) is 0 Å². The number of hydrogen-bond donors (Lipinski definition) is 2. The van der Waals surface area contributed by atoms with E-state index in [4.69, 9.17) is 4.74 Å².